The fourth-order valence-corrected chi connectivity index (χ4v) is 1.99. The third-order valence-corrected chi connectivity index (χ3v) is 3.08. The van der Waals surface area contributed by atoms with E-state index in [-0.39, 0.29) is 18.7 Å². The molecule has 0 spiro atoms. The third-order valence-electron chi connectivity index (χ3n) is 2.19. The topological polar surface area (TPSA) is 52.9 Å². The van der Waals surface area contributed by atoms with Crippen molar-refractivity contribution >= 4 is 17.7 Å². The summed E-state index contributed by atoms with van der Waals surface area (Å²) in [5, 5.41) is 11.1. The van der Waals surface area contributed by atoms with Gasteiger partial charge in [0, 0.05) is 24.3 Å². The standard InChI is InChI=1S/C13H16N2OS/c1-2-17-12-7-5-11(6-8-12)10-15-13(16)4-3-9-14/h5-8H,2-4,10H2,1H3,(H,15,16). The predicted octanol–water partition coefficient (Wildman–Crippen LogP) is 2.72. The number of rotatable bonds is 6. The highest BCUT2D eigenvalue weighted by atomic mass is 32.2. The lowest BCUT2D eigenvalue weighted by Crippen LogP contribution is -2.22. The summed E-state index contributed by atoms with van der Waals surface area (Å²) < 4.78 is 0. The molecule has 0 atom stereocenters. The van der Waals surface area contributed by atoms with Crippen LogP contribution in [0, 0.1) is 11.3 Å². The van der Waals surface area contributed by atoms with Gasteiger partial charge >= 0.3 is 0 Å². The number of carbonyl (C=O) groups is 1. The van der Waals surface area contributed by atoms with E-state index < -0.39 is 0 Å². The third kappa shape index (κ3) is 5.41. The highest BCUT2D eigenvalue weighted by Gasteiger charge is 2.00. The molecule has 3 nitrogen and oxygen atoms in total. The molecule has 1 aromatic carbocycles. The summed E-state index contributed by atoms with van der Waals surface area (Å²) >= 11 is 1.80. The van der Waals surface area contributed by atoms with Gasteiger partial charge in [0.1, 0.15) is 0 Å². The molecule has 0 aliphatic rings. The molecule has 0 aliphatic carbocycles. The average Bonchev–Trinajstić information content (AvgIpc) is 2.36. The van der Waals surface area contributed by atoms with Gasteiger partial charge in [0.15, 0.2) is 0 Å². The average molecular weight is 248 g/mol. The van der Waals surface area contributed by atoms with Crippen LogP contribution in [0.4, 0.5) is 0 Å². The Bertz CT molecular complexity index is 395. The number of amides is 1. The lowest BCUT2D eigenvalue weighted by molar-refractivity contribution is -0.121. The predicted molar refractivity (Wildman–Crippen MR) is 69.5 cm³/mol. The second-order valence-corrected chi connectivity index (χ2v) is 4.85. The van der Waals surface area contributed by atoms with E-state index in [2.05, 4.69) is 24.4 Å². The first-order valence-corrected chi connectivity index (χ1v) is 6.60. The first kappa shape index (κ1) is 13.6. The normalized spacial score (nSPS) is 9.65. The van der Waals surface area contributed by atoms with E-state index in [1.165, 1.54) is 4.90 Å². The van der Waals surface area contributed by atoms with Gasteiger partial charge in [-0.05, 0) is 23.4 Å². The van der Waals surface area contributed by atoms with Crippen LogP contribution < -0.4 is 5.32 Å². The van der Waals surface area contributed by atoms with Crippen LogP contribution in [0.15, 0.2) is 29.2 Å². The molecule has 0 radical (unpaired) electrons. The van der Waals surface area contributed by atoms with E-state index in [1.54, 1.807) is 11.8 Å². The van der Waals surface area contributed by atoms with Crippen LogP contribution in [-0.2, 0) is 11.3 Å². The molecule has 17 heavy (non-hydrogen) atoms. The monoisotopic (exact) mass is 248 g/mol. The number of carbonyl (C=O) groups excluding carboxylic acids is 1. The van der Waals surface area contributed by atoms with Crippen LogP contribution in [0.25, 0.3) is 0 Å². The molecule has 1 aromatic rings. The van der Waals surface area contributed by atoms with Gasteiger partial charge in [-0.3, -0.25) is 4.79 Å². The van der Waals surface area contributed by atoms with E-state index in [0.29, 0.717) is 6.54 Å². The number of nitriles is 1. The van der Waals surface area contributed by atoms with E-state index in [0.717, 1.165) is 11.3 Å². The fraction of sp³-hybridized carbons (Fsp3) is 0.385. The molecular formula is C13H16N2OS. The van der Waals surface area contributed by atoms with Gasteiger partial charge in [0.25, 0.3) is 0 Å². The van der Waals surface area contributed by atoms with Crippen molar-refractivity contribution in [1.82, 2.24) is 5.32 Å². The molecule has 0 heterocycles. The number of hydrogen-bond acceptors (Lipinski definition) is 3. The summed E-state index contributed by atoms with van der Waals surface area (Å²) in [6.45, 7) is 2.65. The summed E-state index contributed by atoms with van der Waals surface area (Å²) in [5.41, 5.74) is 1.08. The van der Waals surface area contributed by atoms with Gasteiger partial charge in [0.2, 0.25) is 5.91 Å². The Balaban J connectivity index is 2.37. The SMILES string of the molecule is CCSc1ccc(CNC(=O)CCC#N)cc1. The summed E-state index contributed by atoms with van der Waals surface area (Å²) in [4.78, 5) is 12.5. The highest BCUT2D eigenvalue weighted by molar-refractivity contribution is 7.99. The Hall–Kier alpha value is -1.47. The van der Waals surface area contributed by atoms with Crippen molar-refractivity contribution in [1.29, 1.82) is 5.26 Å². The quantitative estimate of drug-likeness (QED) is 0.787. The van der Waals surface area contributed by atoms with Gasteiger partial charge in [-0.15, -0.1) is 11.8 Å². The molecule has 0 unspecified atom stereocenters. The lowest BCUT2D eigenvalue weighted by atomic mass is 10.2. The van der Waals surface area contributed by atoms with Crippen molar-refractivity contribution in [3.05, 3.63) is 29.8 Å². The second kappa shape index (κ2) is 7.75. The summed E-state index contributed by atoms with van der Waals surface area (Å²) in [7, 11) is 0. The van der Waals surface area contributed by atoms with Crippen LogP contribution in [0.2, 0.25) is 0 Å². The minimum Gasteiger partial charge on any atom is -0.352 e. The van der Waals surface area contributed by atoms with Gasteiger partial charge in [-0.1, -0.05) is 19.1 Å². The van der Waals surface area contributed by atoms with Crippen LogP contribution in [0.3, 0.4) is 0 Å². The first-order valence-electron chi connectivity index (χ1n) is 5.61. The zero-order chi connectivity index (χ0) is 12.5. The molecule has 0 fully saturated rings. The summed E-state index contributed by atoms with van der Waals surface area (Å²) in [5.74, 6) is 0.989. The molecule has 90 valence electrons. The number of nitrogens with one attached hydrogen (secondary N) is 1. The lowest BCUT2D eigenvalue weighted by Gasteiger charge is -2.05. The van der Waals surface area contributed by atoms with E-state index in [4.69, 9.17) is 5.26 Å². The smallest absolute Gasteiger partial charge is 0.221 e. The zero-order valence-corrected chi connectivity index (χ0v) is 10.7. The Kier molecular flexibility index (Phi) is 6.19. The Morgan fingerprint density at radius 2 is 2.12 bits per heavy atom. The largest absolute Gasteiger partial charge is 0.352 e. The maximum Gasteiger partial charge on any atom is 0.221 e. The van der Waals surface area contributed by atoms with Gasteiger partial charge in [-0.2, -0.15) is 5.26 Å². The Morgan fingerprint density at radius 1 is 1.41 bits per heavy atom. The number of thioether (sulfide) groups is 1. The minimum absolute atomic E-state index is 0.0708. The molecule has 0 saturated carbocycles. The highest BCUT2D eigenvalue weighted by Crippen LogP contribution is 2.17. The number of nitrogens with zero attached hydrogens (tertiary/aromatic N) is 1. The van der Waals surface area contributed by atoms with Crippen molar-refractivity contribution in [3.63, 3.8) is 0 Å². The van der Waals surface area contributed by atoms with Crippen molar-refractivity contribution in [2.45, 2.75) is 31.2 Å². The van der Waals surface area contributed by atoms with Crippen LogP contribution in [-0.4, -0.2) is 11.7 Å². The maximum absolute atomic E-state index is 11.3. The van der Waals surface area contributed by atoms with Gasteiger partial charge < -0.3 is 5.32 Å². The summed E-state index contributed by atoms with van der Waals surface area (Å²) in [6.07, 6.45) is 0.554. The molecular weight excluding hydrogens is 232 g/mol. The molecule has 1 N–H and O–H groups in total. The Morgan fingerprint density at radius 3 is 2.71 bits per heavy atom. The van der Waals surface area contributed by atoms with Gasteiger partial charge in [0.05, 0.1) is 6.07 Å². The molecule has 1 amide bonds. The number of hydrogen-bond donors (Lipinski definition) is 1. The minimum atomic E-state index is -0.0708. The van der Waals surface area contributed by atoms with Gasteiger partial charge in [-0.25, -0.2) is 0 Å². The molecule has 0 bridgehead atoms. The van der Waals surface area contributed by atoms with Crippen molar-refractivity contribution in [2.75, 3.05) is 5.75 Å². The van der Waals surface area contributed by atoms with Crippen molar-refractivity contribution in [2.24, 2.45) is 0 Å². The second-order valence-electron chi connectivity index (χ2n) is 3.51. The van der Waals surface area contributed by atoms with Crippen LogP contribution in [0.5, 0.6) is 0 Å². The molecule has 0 saturated heterocycles. The molecule has 0 aliphatic heterocycles. The zero-order valence-electron chi connectivity index (χ0n) is 9.90. The molecule has 0 aromatic heterocycles. The first-order chi connectivity index (χ1) is 8.26. The molecule has 4 heteroatoms. The molecule has 1 rings (SSSR count). The van der Waals surface area contributed by atoms with Crippen molar-refractivity contribution in [3.8, 4) is 6.07 Å². The fourth-order valence-electron chi connectivity index (χ4n) is 1.33. The van der Waals surface area contributed by atoms with E-state index >= 15 is 0 Å². The van der Waals surface area contributed by atoms with Crippen LogP contribution in [0.1, 0.15) is 25.3 Å². The number of benzene rings is 1. The van der Waals surface area contributed by atoms with Crippen molar-refractivity contribution < 1.29 is 4.79 Å². The summed E-state index contributed by atoms with van der Waals surface area (Å²) in [6, 6.07) is 10.1. The van der Waals surface area contributed by atoms with E-state index in [1.807, 2.05) is 18.2 Å². The van der Waals surface area contributed by atoms with Crippen LogP contribution >= 0.6 is 11.8 Å². The Labute approximate surface area is 106 Å². The maximum atomic E-state index is 11.3. The van der Waals surface area contributed by atoms with E-state index in [9.17, 15) is 4.79 Å².